The van der Waals surface area contributed by atoms with Crippen molar-refractivity contribution in [2.24, 2.45) is 0 Å². The lowest BCUT2D eigenvalue weighted by Crippen LogP contribution is -2.31. The molecule has 1 saturated heterocycles. The number of anilines is 1. The van der Waals surface area contributed by atoms with Crippen molar-refractivity contribution in [2.75, 3.05) is 18.4 Å². The van der Waals surface area contributed by atoms with Gasteiger partial charge in [0, 0.05) is 31.3 Å². The molecule has 1 N–H and O–H groups in total. The van der Waals surface area contributed by atoms with E-state index in [-0.39, 0.29) is 11.9 Å². The van der Waals surface area contributed by atoms with Crippen LogP contribution in [0, 0.1) is 13.8 Å². The number of aromatic nitrogens is 1. The molecule has 2 heterocycles. The van der Waals surface area contributed by atoms with E-state index in [4.69, 9.17) is 4.52 Å². The number of hydrogen-bond donors (Lipinski definition) is 1. The number of benzene rings is 1. The Kier molecular flexibility index (Phi) is 4.65. The highest BCUT2D eigenvalue weighted by Crippen LogP contribution is 2.31. The third-order valence-corrected chi connectivity index (χ3v) is 4.36. The van der Waals surface area contributed by atoms with Crippen molar-refractivity contribution >= 4 is 11.6 Å². The van der Waals surface area contributed by atoms with Crippen molar-refractivity contribution in [3.8, 4) is 0 Å². The number of aryl methyl sites for hydroxylation is 2. The summed E-state index contributed by atoms with van der Waals surface area (Å²) in [6.07, 6.45) is 2.47. The predicted octanol–water partition coefficient (Wildman–Crippen LogP) is 3.46. The Morgan fingerprint density at radius 3 is 2.96 bits per heavy atom. The van der Waals surface area contributed by atoms with E-state index in [1.54, 1.807) is 0 Å². The first kappa shape index (κ1) is 15.6. The highest BCUT2D eigenvalue weighted by Gasteiger charge is 2.31. The number of amides is 1. The summed E-state index contributed by atoms with van der Waals surface area (Å²) in [5.74, 6) is 0.967. The molecular formula is C18H23N3O2. The number of rotatable bonds is 5. The Labute approximate surface area is 136 Å². The van der Waals surface area contributed by atoms with Crippen molar-refractivity contribution in [3.05, 3.63) is 47.3 Å². The molecule has 0 spiro atoms. The summed E-state index contributed by atoms with van der Waals surface area (Å²) in [6, 6.07) is 10.1. The highest BCUT2D eigenvalue weighted by atomic mass is 16.5. The zero-order valence-corrected chi connectivity index (χ0v) is 13.7. The fourth-order valence-corrected chi connectivity index (χ4v) is 3.13. The third-order valence-electron chi connectivity index (χ3n) is 4.36. The van der Waals surface area contributed by atoms with Crippen molar-refractivity contribution in [2.45, 2.75) is 39.2 Å². The molecule has 3 rings (SSSR count). The Bertz CT molecular complexity index is 680. The number of carbonyl (C=O) groups is 1. The van der Waals surface area contributed by atoms with Crippen molar-refractivity contribution in [1.29, 1.82) is 0 Å². The van der Waals surface area contributed by atoms with E-state index in [1.807, 2.05) is 36.1 Å². The van der Waals surface area contributed by atoms with Crippen LogP contribution in [0.15, 0.2) is 34.9 Å². The molecule has 1 atom stereocenters. The summed E-state index contributed by atoms with van der Waals surface area (Å²) in [4.78, 5) is 14.5. The van der Waals surface area contributed by atoms with E-state index in [0.717, 1.165) is 36.5 Å². The minimum absolute atomic E-state index is 0.0680. The van der Waals surface area contributed by atoms with Crippen LogP contribution in [0.5, 0.6) is 0 Å². The number of nitrogens with one attached hydrogen (secondary N) is 1. The second-order valence-corrected chi connectivity index (χ2v) is 6.10. The summed E-state index contributed by atoms with van der Waals surface area (Å²) in [6.45, 7) is 5.39. The van der Waals surface area contributed by atoms with Gasteiger partial charge >= 0.3 is 0 Å². The molecule has 122 valence electrons. The first-order chi connectivity index (χ1) is 11.1. The second-order valence-electron chi connectivity index (χ2n) is 6.10. The quantitative estimate of drug-likeness (QED) is 0.918. The van der Waals surface area contributed by atoms with Gasteiger partial charge in [0.25, 0.3) is 0 Å². The van der Waals surface area contributed by atoms with Gasteiger partial charge in [0.15, 0.2) is 0 Å². The predicted molar refractivity (Wildman–Crippen MR) is 89.2 cm³/mol. The van der Waals surface area contributed by atoms with Gasteiger partial charge in [0.1, 0.15) is 11.5 Å². The van der Waals surface area contributed by atoms with E-state index < -0.39 is 0 Å². The van der Waals surface area contributed by atoms with E-state index in [1.165, 1.54) is 5.56 Å². The largest absolute Gasteiger partial charge is 0.384 e. The summed E-state index contributed by atoms with van der Waals surface area (Å²) < 4.78 is 5.16. The van der Waals surface area contributed by atoms with E-state index in [0.29, 0.717) is 13.0 Å². The number of likely N-dealkylation sites (tertiary alicyclic amines) is 1. The lowest BCUT2D eigenvalue weighted by Gasteiger charge is -2.23. The summed E-state index contributed by atoms with van der Waals surface area (Å²) in [5.41, 5.74) is 3.16. The minimum Gasteiger partial charge on any atom is -0.384 e. The van der Waals surface area contributed by atoms with Crippen LogP contribution in [0.1, 0.15) is 42.3 Å². The maximum atomic E-state index is 12.5. The van der Waals surface area contributed by atoms with Gasteiger partial charge in [0.2, 0.25) is 5.91 Å². The molecule has 5 nitrogen and oxygen atoms in total. The molecule has 1 aromatic carbocycles. The highest BCUT2D eigenvalue weighted by molar-refractivity contribution is 5.77. The maximum absolute atomic E-state index is 12.5. The van der Waals surface area contributed by atoms with Crippen LogP contribution in [0.4, 0.5) is 5.69 Å². The average molecular weight is 313 g/mol. The molecule has 0 saturated carbocycles. The molecule has 0 radical (unpaired) electrons. The Balaban J connectivity index is 1.56. The van der Waals surface area contributed by atoms with Crippen molar-refractivity contribution < 1.29 is 9.32 Å². The van der Waals surface area contributed by atoms with E-state index in [9.17, 15) is 4.79 Å². The summed E-state index contributed by atoms with van der Waals surface area (Å²) in [7, 11) is 0. The van der Waals surface area contributed by atoms with Crippen molar-refractivity contribution in [1.82, 2.24) is 10.1 Å². The lowest BCUT2D eigenvalue weighted by molar-refractivity contribution is -0.131. The van der Waals surface area contributed by atoms with E-state index in [2.05, 4.69) is 23.5 Å². The molecule has 2 aromatic rings. The molecule has 1 aliphatic heterocycles. The first-order valence-electron chi connectivity index (χ1n) is 8.17. The van der Waals surface area contributed by atoms with Crippen LogP contribution in [0.3, 0.4) is 0 Å². The van der Waals surface area contributed by atoms with Crippen LogP contribution in [0.25, 0.3) is 0 Å². The van der Waals surface area contributed by atoms with Gasteiger partial charge in [-0.3, -0.25) is 4.79 Å². The van der Waals surface area contributed by atoms with Gasteiger partial charge < -0.3 is 14.7 Å². The number of carbonyl (C=O) groups excluding carboxylic acids is 1. The first-order valence-corrected chi connectivity index (χ1v) is 8.17. The average Bonchev–Trinajstić information content (AvgIpc) is 3.17. The topological polar surface area (TPSA) is 58.4 Å². The molecule has 0 aliphatic carbocycles. The SMILES string of the molecule is Cc1cc(C2CCCN2C(=O)CCNc2ccccc2C)no1. The fourth-order valence-electron chi connectivity index (χ4n) is 3.13. The molecule has 1 fully saturated rings. The van der Waals surface area contributed by atoms with Gasteiger partial charge in [-0.25, -0.2) is 0 Å². The Morgan fingerprint density at radius 2 is 2.22 bits per heavy atom. The summed E-state index contributed by atoms with van der Waals surface area (Å²) in [5, 5.41) is 7.43. The normalized spacial score (nSPS) is 17.5. The smallest absolute Gasteiger partial charge is 0.224 e. The minimum atomic E-state index is 0.0680. The second kappa shape index (κ2) is 6.86. The molecule has 1 amide bonds. The third kappa shape index (κ3) is 3.55. The van der Waals surface area contributed by atoms with Crippen LogP contribution in [0.2, 0.25) is 0 Å². The molecular weight excluding hydrogens is 290 g/mol. The molecule has 1 aliphatic rings. The standard InChI is InChI=1S/C18H23N3O2/c1-13-6-3-4-7-15(13)19-10-9-18(22)21-11-5-8-17(21)16-12-14(2)23-20-16/h3-4,6-7,12,17,19H,5,8-11H2,1-2H3. The van der Waals surface area contributed by atoms with Crippen LogP contribution < -0.4 is 5.32 Å². The number of para-hydroxylation sites is 1. The van der Waals surface area contributed by atoms with Crippen LogP contribution >= 0.6 is 0 Å². The molecule has 1 aromatic heterocycles. The van der Waals surface area contributed by atoms with Crippen LogP contribution in [-0.2, 0) is 4.79 Å². The van der Waals surface area contributed by atoms with Gasteiger partial charge in [-0.05, 0) is 38.3 Å². The van der Waals surface area contributed by atoms with Gasteiger partial charge in [-0.2, -0.15) is 0 Å². The van der Waals surface area contributed by atoms with Crippen molar-refractivity contribution in [3.63, 3.8) is 0 Å². The fraction of sp³-hybridized carbons (Fsp3) is 0.444. The molecule has 5 heteroatoms. The number of nitrogens with zero attached hydrogens (tertiary/aromatic N) is 2. The molecule has 0 bridgehead atoms. The monoisotopic (exact) mass is 313 g/mol. The zero-order valence-electron chi connectivity index (χ0n) is 13.7. The Morgan fingerprint density at radius 1 is 1.39 bits per heavy atom. The van der Waals surface area contributed by atoms with Gasteiger partial charge in [-0.15, -0.1) is 0 Å². The number of hydrogen-bond acceptors (Lipinski definition) is 4. The van der Waals surface area contributed by atoms with Crippen LogP contribution in [-0.4, -0.2) is 29.1 Å². The van der Waals surface area contributed by atoms with E-state index >= 15 is 0 Å². The summed E-state index contributed by atoms with van der Waals surface area (Å²) >= 11 is 0. The van der Waals surface area contributed by atoms with Gasteiger partial charge in [-0.1, -0.05) is 23.4 Å². The zero-order chi connectivity index (χ0) is 16.2. The van der Waals surface area contributed by atoms with Gasteiger partial charge in [0.05, 0.1) is 6.04 Å². The Hall–Kier alpha value is -2.30. The molecule has 23 heavy (non-hydrogen) atoms. The maximum Gasteiger partial charge on any atom is 0.224 e. The molecule has 1 unspecified atom stereocenters. The lowest BCUT2D eigenvalue weighted by atomic mass is 10.1.